The highest BCUT2D eigenvalue weighted by Crippen LogP contribution is 2.21. The van der Waals surface area contributed by atoms with E-state index in [1.807, 2.05) is 26.0 Å². The maximum atomic E-state index is 10.7. The third kappa shape index (κ3) is 3.42. The van der Waals surface area contributed by atoms with Crippen molar-refractivity contribution >= 4 is 22.4 Å². The van der Waals surface area contributed by atoms with E-state index >= 15 is 0 Å². The minimum Gasteiger partial charge on any atom is -0.377 e. The average Bonchev–Trinajstić information content (AvgIpc) is 2.44. The van der Waals surface area contributed by atoms with Gasteiger partial charge >= 0.3 is 0 Å². The molecule has 1 aromatic heterocycles. The quantitative estimate of drug-likeness (QED) is 0.647. The van der Waals surface area contributed by atoms with Gasteiger partial charge in [0.15, 0.2) is 0 Å². The Morgan fingerprint density at radius 2 is 2.20 bits per heavy atom. The number of nitrogens with one attached hydrogen (secondary N) is 1. The van der Waals surface area contributed by atoms with Crippen LogP contribution in [-0.2, 0) is 4.74 Å². The second kappa shape index (κ2) is 6.29. The summed E-state index contributed by atoms with van der Waals surface area (Å²) in [6.07, 6.45) is 0.106. The zero-order valence-electron chi connectivity index (χ0n) is 11.5. The normalized spacial score (nSPS) is 12.3. The van der Waals surface area contributed by atoms with Gasteiger partial charge in [-0.3, -0.25) is 10.1 Å². The van der Waals surface area contributed by atoms with Gasteiger partial charge in [0, 0.05) is 30.7 Å². The highest BCUT2D eigenvalue weighted by molar-refractivity contribution is 5.82. The monoisotopic (exact) mass is 275 g/mol. The molecule has 0 aliphatic rings. The standard InChI is InChI=1S/C14H17N3O3/c1-3-20-10(2)9-15-14-7-4-11-8-12(17(18)19)5-6-13(11)16-14/h4-8,10H,3,9H2,1-2H3,(H,15,16). The third-order valence-corrected chi connectivity index (χ3v) is 2.91. The summed E-state index contributed by atoms with van der Waals surface area (Å²) in [6.45, 7) is 5.29. The zero-order valence-corrected chi connectivity index (χ0v) is 11.5. The molecule has 1 N–H and O–H groups in total. The molecule has 106 valence electrons. The molecule has 0 aliphatic heterocycles. The van der Waals surface area contributed by atoms with Crippen LogP contribution in [-0.4, -0.2) is 29.2 Å². The maximum Gasteiger partial charge on any atom is 0.270 e. The van der Waals surface area contributed by atoms with Gasteiger partial charge in [0.1, 0.15) is 5.82 Å². The first-order valence-electron chi connectivity index (χ1n) is 6.51. The van der Waals surface area contributed by atoms with Crippen LogP contribution in [0.1, 0.15) is 13.8 Å². The summed E-state index contributed by atoms with van der Waals surface area (Å²) in [6, 6.07) is 8.27. The molecule has 0 radical (unpaired) electrons. The largest absolute Gasteiger partial charge is 0.377 e. The maximum absolute atomic E-state index is 10.7. The molecule has 6 heteroatoms. The van der Waals surface area contributed by atoms with Crippen molar-refractivity contribution < 1.29 is 9.66 Å². The zero-order chi connectivity index (χ0) is 14.5. The fourth-order valence-corrected chi connectivity index (χ4v) is 1.92. The first-order valence-corrected chi connectivity index (χ1v) is 6.51. The molecule has 0 saturated heterocycles. The van der Waals surface area contributed by atoms with Crippen LogP contribution < -0.4 is 5.32 Å². The molecule has 0 aliphatic carbocycles. The molecule has 1 aromatic carbocycles. The van der Waals surface area contributed by atoms with Crippen molar-refractivity contribution in [3.05, 3.63) is 40.4 Å². The van der Waals surface area contributed by atoms with Gasteiger partial charge in [-0.1, -0.05) is 0 Å². The van der Waals surface area contributed by atoms with E-state index in [1.165, 1.54) is 12.1 Å². The molecule has 1 unspecified atom stereocenters. The lowest BCUT2D eigenvalue weighted by Gasteiger charge is -2.13. The third-order valence-electron chi connectivity index (χ3n) is 2.91. The summed E-state index contributed by atoms with van der Waals surface area (Å²) >= 11 is 0. The molecule has 2 aromatic rings. The van der Waals surface area contributed by atoms with Crippen LogP contribution in [0.4, 0.5) is 11.5 Å². The molecule has 20 heavy (non-hydrogen) atoms. The predicted octanol–water partition coefficient (Wildman–Crippen LogP) is 2.98. The number of hydrogen-bond donors (Lipinski definition) is 1. The Morgan fingerprint density at radius 3 is 2.90 bits per heavy atom. The van der Waals surface area contributed by atoms with E-state index in [-0.39, 0.29) is 11.8 Å². The Morgan fingerprint density at radius 1 is 1.40 bits per heavy atom. The fourth-order valence-electron chi connectivity index (χ4n) is 1.92. The highest BCUT2D eigenvalue weighted by atomic mass is 16.6. The lowest BCUT2D eigenvalue weighted by atomic mass is 10.2. The summed E-state index contributed by atoms with van der Waals surface area (Å²) in [4.78, 5) is 14.7. The summed E-state index contributed by atoms with van der Waals surface area (Å²) in [5.41, 5.74) is 0.801. The minimum absolute atomic E-state index is 0.0741. The van der Waals surface area contributed by atoms with Gasteiger partial charge < -0.3 is 10.1 Å². The number of nitro benzene ring substituents is 1. The van der Waals surface area contributed by atoms with Crippen molar-refractivity contribution in [2.24, 2.45) is 0 Å². The SMILES string of the molecule is CCOC(C)CNc1ccc2cc([N+](=O)[O-])ccc2n1. The molecule has 0 fully saturated rings. The topological polar surface area (TPSA) is 77.3 Å². The minimum atomic E-state index is -0.407. The number of anilines is 1. The van der Waals surface area contributed by atoms with Gasteiger partial charge in [-0.05, 0) is 32.0 Å². The number of benzene rings is 1. The molecule has 2 rings (SSSR count). The Bertz CT molecular complexity index is 616. The van der Waals surface area contributed by atoms with Crippen molar-refractivity contribution in [1.29, 1.82) is 0 Å². The lowest BCUT2D eigenvalue weighted by Crippen LogP contribution is -2.20. The number of nitro groups is 1. The number of rotatable bonds is 6. The van der Waals surface area contributed by atoms with Crippen molar-refractivity contribution in [2.75, 3.05) is 18.5 Å². The summed E-state index contributed by atoms with van der Waals surface area (Å²) < 4.78 is 5.43. The molecule has 0 amide bonds. The van der Waals surface area contributed by atoms with E-state index in [1.54, 1.807) is 6.07 Å². The molecular formula is C14H17N3O3. The van der Waals surface area contributed by atoms with Gasteiger partial charge in [-0.2, -0.15) is 0 Å². The summed E-state index contributed by atoms with van der Waals surface area (Å²) in [5, 5.41) is 14.7. The number of aromatic nitrogens is 1. The van der Waals surface area contributed by atoms with Crippen LogP contribution in [0, 0.1) is 10.1 Å². The molecule has 1 atom stereocenters. The highest BCUT2D eigenvalue weighted by Gasteiger charge is 2.07. The Labute approximate surface area is 116 Å². The van der Waals surface area contributed by atoms with Crippen LogP contribution in [0.15, 0.2) is 30.3 Å². The van der Waals surface area contributed by atoms with Crippen molar-refractivity contribution in [3.63, 3.8) is 0 Å². The Balaban J connectivity index is 2.13. The van der Waals surface area contributed by atoms with E-state index in [9.17, 15) is 10.1 Å². The van der Waals surface area contributed by atoms with E-state index in [4.69, 9.17) is 4.74 Å². The van der Waals surface area contributed by atoms with E-state index in [0.29, 0.717) is 13.2 Å². The molecule has 0 bridgehead atoms. The van der Waals surface area contributed by atoms with Crippen LogP contribution >= 0.6 is 0 Å². The predicted molar refractivity (Wildman–Crippen MR) is 78.0 cm³/mol. The van der Waals surface area contributed by atoms with Gasteiger partial charge in [-0.15, -0.1) is 0 Å². The van der Waals surface area contributed by atoms with Crippen LogP contribution in [0.2, 0.25) is 0 Å². The average molecular weight is 275 g/mol. The molecule has 0 spiro atoms. The van der Waals surface area contributed by atoms with Crippen LogP contribution in [0.25, 0.3) is 10.9 Å². The molecule has 1 heterocycles. The number of pyridine rings is 1. The van der Waals surface area contributed by atoms with Gasteiger partial charge in [0.2, 0.25) is 0 Å². The second-order valence-electron chi connectivity index (χ2n) is 4.48. The van der Waals surface area contributed by atoms with Crippen molar-refractivity contribution in [1.82, 2.24) is 4.98 Å². The summed E-state index contributed by atoms with van der Waals surface area (Å²) in [7, 11) is 0. The molecular weight excluding hydrogens is 258 g/mol. The number of hydrogen-bond acceptors (Lipinski definition) is 5. The van der Waals surface area contributed by atoms with E-state index in [2.05, 4.69) is 10.3 Å². The van der Waals surface area contributed by atoms with Gasteiger partial charge in [0.25, 0.3) is 5.69 Å². The number of fused-ring (bicyclic) bond motifs is 1. The second-order valence-corrected chi connectivity index (χ2v) is 4.48. The van der Waals surface area contributed by atoms with Crippen molar-refractivity contribution in [2.45, 2.75) is 20.0 Å². The van der Waals surface area contributed by atoms with Gasteiger partial charge in [-0.25, -0.2) is 4.98 Å². The molecule has 0 saturated carbocycles. The van der Waals surface area contributed by atoms with E-state index < -0.39 is 4.92 Å². The number of nitrogens with zero attached hydrogens (tertiary/aromatic N) is 2. The Hall–Kier alpha value is -2.21. The molecule has 6 nitrogen and oxygen atoms in total. The number of ether oxygens (including phenoxy) is 1. The Kier molecular flexibility index (Phi) is 4.47. The number of non-ortho nitro benzene ring substituents is 1. The smallest absolute Gasteiger partial charge is 0.270 e. The van der Waals surface area contributed by atoms with E-state index in [0.717, 1.165) is 16.7 Å². The lowest BCUT2D eigenvalue weighted by molar-refractivity contribution is -0.384. The van der Waals surface area contributed by atoms with Crippen LogP contribution in [0.3, 0.4) is 0 Å². The summed E-state index contributed by atoms with van der Waals surface area (Å²) in [5.74, 6) is 0.734. The van der Waals surface area contributed by atoms with Crippen molar-refractivity contribution in [3.8, 4) is 0 Å². The van der Waals surface area contributed by atoms with Crippen LogP contribution in [0.5, 0.6) is 0 Å². The van der Waals surface area contributed by atoms with Gasteiger partial charge in [0.05, 0.1) is 16.5 Å². The fraction of sp³-hybridized carbons (Fsp3) is 0.357. The first-order chi connectivity index (χ1) is 9.60. The first kappa shape index (κ1) is 14.2.